The minimum absolute atomic E-state index is 0.396. The lowest BCUT2D eigenvalue weighted by Gasteiger charge is -2.14. The van der Waals surface area contributed by atoms with Crippen LogP contribution in [-0.2, 0) is 0 Å². The van der Waals surface area contributed by atoms with Crippen LogP contribution in [0.4, 0.5) is 0 Å². The maximum Gasteiger partial charge on any atom is 0.126 e. The molecule has 0 atom stereocenters. The standard InChI is InChI=1S/C18H20O/c1-12-13(2)15(4)18(19)17(14(12)3)11-10-16-8-6-5-7-9-16/h5-11,19H,1-4H3. The summed E-state index contributed by atoms with van der Waals surface area (Å²) in [4.78, 5) is 0. The summed E-state index contributed by atoms with van der Waals surface area (Å²) in [5, 5.41) is 10.3. The molecule has 0 aromatic heterocycles. The summed E-state index contributed by atoms with van der Waals surface area (Å²) in [6.07, 6.45) is 4.04. The summed E-state index contributed by atoms with van der Waals surface area (Å²) in [5.74, 6) is 0.396. The Morgan fingerprint density at radius 1 is 0.737 bits per heavy atom. The molecule has 0 saturated heterocycles. The molecule has 0 aliphatic heterocycles. The molecule has 1 heteroatoms. The molecular weight excluding hydrogens is 232 g/mol. The van der Waals surface area contributed by atoms with E-state index in [0.29, 0.717) is 5.75 Å². The van der Waals surface area contributed by atoms with E-state index in [1.807, 2.05) is 37.3 Å². The van der Waals surface area contributed by atoms with Crippen LogP contribution in [0.1, 0.15) is 33.4 Å². The van der Waals surface area contributed by atoms with Gasteiger partial charge in [-0.05, 0) is 55.5 Å². The van der Waals surface area contributed by atoms with Crippen molar-refractivity contribution in [2.24, 2.45) is 0 Å². The molecule has 0 bridgehead atoms. The van der Waals surface area contributed by atoms with Crippen LogP contribution in [0.15, 0.2) is 30.3 Å². The number of phenolic OH excluding ortho intramolecular Hbond substituents is 1. The fraction of sp³-hybridized carbons (Fsp3) is 0.222. The van der Waals surface area contributed by atoms with Gasteiger partial charge in [-0.1, -0.05) is 42.5 Å². The summed E-state index contributed by atoms with van der Waals surface area (Å²) in [5.41, 5.74) is 6.60. The lowest BCUT2D eigenvalue weighted by atomic mass is 9.93. The fourth-order valence-electron chi connectivity index (χ4n) is 2.27. The van der Waals surface area contributed by atoms with Crippen molar-refractivity contribution in [1.82, 2.24) is 0 Å². The highest BCUT2D eigenvalue weighted by Gasteiger charge is 2.12. The lowest BCUT2D eigenvalue weighted by Crippen LogP contribution is -1.95. The number of rotatable bonds is 2. The predicted molar refractivity (Wildman–Crippen MR) is 82.4 cm³/mol. The maximum absolute atomic E-state index is 10.3. The predicted octanol–water partition coefficient (Wildman–Crippen LogP) is 4.80. The second-order valence-electron chi connectivity index (χ2n) is 5.01. The van der Waals surface area contributed by atoms with E-state index in [1.165, 1.54) is 11.1 Å². The third kappa shape index (κ3) is 2.55. The molecule has 0 heterocycles. The van der Waals surface area contributed by atoms with Gasteiger partial charge in [0.1, 0.15) is 5.75 Å². The Morgan fingerprint density at radius 3 is 1.95 bits per heavy atom. The fourth-order valence-corrected chi connectivity index (χ4v) is 2.27. The zero-order valence-corrected chi connectivity index (χ0v) is 12.0. The molecule has 98 valence electrons. The van der Waals surface area contributed by atoms with Crippen molar-refractivity contribution in [3.05, 3.63) is 63.7 Å². The van der Waals surface area contributed by atoms with Gasteiger partial charge in [-0.25, -0.2) is 0 Å². The molecule has 0 radical (unpaired) electrons. The van der Waals surface area contributed by atoms with Gasteiger partial charge >= 0.3 is 0 Å². The zero-order chi connectivity index (χ0) is 14.0. The van der Waals surface area contributed by atoms with Crippen LogP contribution in [0.5, 0.6) is 5.75 Å². The van der Waals surface area contributed by atoms with Gasteiger partial charge in [-0.3, -0.25) is 0 Å². The highest BCUT2D eigenvalue weighted by atomic mass is 16.3. The second-order valence-corrected chi connectivity index (χ2v) is 5.01. The van der Waals surface area contributed by atoms with Crippen molar-refractivity contribution >= 4 is 12.2 Å². The molecule has 1 N–H and O–H groups in total. The van der Waals surface area contributed by atoms with Crippen LogP contribution in [0.3, 0.4) is 0 Å². The summed E-state index contributed by atoms with van der Waals surface area (Å²) >= 11 is 0. The van der Waals surface area contributed by atoms with Gasteiger partial charge in [-0.15, -0.1) is 0 Å². The topological polar surface area (TPSA) is 20.2 Å². The summed E-state index contributed by atoms with van der Waals surface area (Å²) in [6.45, 7) is 8.20. The zero-order valence-electron chi connectivity index (χ0n) is 12.0. The van der Waals surface area contributed by atoms with E-state index in [0.717, 1.165) is 22.3 Å². The number of phenols is 1. The molecule has 19 heavy (non-hydrogen) atoms. The number of hydrogen-bond donors (Lipinski definition) is 1. The first-order valence-electron chi connectivity index (χ1n) is 6.54. The number of hydrogen-bond acceptors (Lipinski definition) is 1. The van der Waals surface area contributed by atoms with E-state index in [1.54, 1.807) is 0 Å². The minimum Gasteiger partial charge on any atom is -0.507 e. The highest BCUT2D eigenvalue weighted by Crippen LogP contribution is 2.33. The van der Waals surface area contributed by atoms with Crippen LogP contribution in [0, 0.1) is 27.7 Å². The van der Waals surface area contributed by atoms with Gasteiger partial charge in [0.05, 0.1) is 0 Å². The van der Waals surface area contributed by atoms with Crippen LogP contribution < -0.4 is 0 Å². The Labute approximate surface area is 115 Å². The van der Waals surface area contributed by atoms with Gasteiger partial charge in [0, 0.05) is 5.56 Å². The van der Waals surface area contributed by atoms with Crippen molar-refractivity contribution in [3.63, 3.8) is 0 Å². The smallest absolute Gasteiger partial charge is 0.126 e. The molecule has 0 fully saturated rings. The van der Waals surface area contributed by atoms with Crippen LogP contribution in [-0.4, -0.2) is 5.11 Å². The van der Waals surface area contributed by atoms with E-state index < -0.39 is 0 Å². The van der Waals surface area contributed by atoms with E-state index in [-0.39, 0.29) is 0 Å². The summed E-state index contributed by atoms with van der Waals surface area (Å²) in [7, 11) is 0. The van der Waals surface area contributed by atoms with Gasteiger partial charge in [0.2, 0.25) is 0 Å². The summed E-state index contributed by atoms with van der Waals surface area (Å²) in [6, 6.07) is 10.1. The molecule has 0 aliphatic carbocycles. The molecular formula is C18H20O. The van der Waals surface area contributed by atoms with Crippen molar-refractivity contribution in [2.45, 2.75) is 27.7 Å². The molecule has 0 amide bonds. The average molecular weight is 252 g/mol. The Kier molecular flexibility index (Phi) is 3.75. The second kappa shape index (κ2) is 5.31. The molecule has 0 unspecified atom stereocenters. The third-order valence-corrected chi connectivity index (χ3v) is 3.94. The van der Waals surface area contributed by atoms with E-state index in [4.69, 9.17) is 0 Å². The first kappa shape index (κ1) is 13.4. The highest BCUT2D eigenvalue weighted by molar-refractivity contribution is 5.76. The third-order valence-electron chi connectivity index (χ3n) is 3.94. The first-order valence-corrected chi connectivity index (χ1v) is 6.54. The van der Waals surface area contributed by atoms with Crippen molar-refractivity contribution in [2.75, 3.05) is 0 Å². The number of aromatic hydroxyl groups is 1. The normalized spacial score (nSPS) is 11.2. The number of benzene rings is 2. The Morgan fingerprint density at radius 2 is 1.32 bits per heavy atom. The van der Waals surface area contributed by atoms with Gasteiger partial charge in [-0.2, -0.15) is 0 Å². The Bertz CT molecular complexity index is 593. The monoisotopic (exact) mass is 252 g/mol. The Balaban J connectivity index is 2.50. The van der Waals surface area contributed by atoms with Gasteiger partial charge < -0.3 is 5.11 Å². The molecule has 2 aromatic rings. The van der Waals surface area contributed by atoms with Crippen LogP contribution >= 0.6 is 0 Å². The molecule has 2 aromatic carbocycles. The molecule has 0 aliphatic rings. The molecule has 2 rings (SSSR count). The lowest BCUT2D eigenvalue weighted by molar-refractivity contribution is 0.468. The van der Waals surface area contributed by atoms with E-state index in [9.17, 15) is 5.11 Å². The Hall–Kier alpha value is -2.02. The molecule has 1 nitrogen and oxygen atoms in total. The largest absolute Gasteiger partial charge is 0.507 e. The maximum atomic E-state index is 10.3. The SMILES string of the molecule is Cc1c(C)c(C)c(C=Cc2ccccc2)c(O)c1C. The van der Waals surface area contributed by atoms with Gasteiger partial charge in [0.25, 0.3) is 0 Å². The van der Waals surface area contributed by atoms with Crippen molar-refractivity contribution in [3.8, 4) is 5.75 Å². The van der Waals surface area contributed by atoms with Crippen molar-refractivity contribution < 1.29 is 5.11 Å². The quantitative estimate of drug-likeness (QED) is 0.761. The van der Waals surface area contributed by atoms with Crippen LogP contribution in [0.25, 0.3) is 12.2 Å². The summed E-state index contributed by atoms with van der Waals surface area (Å²) < 4.78 is 0. The van der Waals surface area contributed by atoms with Crippen LogP contribution in [0.2, 0.25) is 0 Å². The first-order chi connectivity index (χ1) is 9.02. The minimum atomic E-state index is 0.396. The van der Waals surface area contributed by atoms with E-state index in [2.05, 4.69) is 32.9 Å². The average Bonchev–Trinajstić information content (AvgIpc) is 2.44. The van der Waals surface area contributed by atoms with Crippen molar-refractivity contribution in [1.29, 1.82) is 0 Å². The molecule has 0 spiro atoms. The van der Waals surface area contributed by atoms with E-state index >= 15 is 0 Å². The molecule has 0 saturated carbocycles. The van der Waals surface area contributed by atoms with Gasteiger partial charge in [0.15, 0.2) is 0 Å².